The van der Waals surface area contributed by atoms with Gasteiger partial charge in [-0.15, -0.1) is 11.3 Å². The highest BCUT2D eigenvalue weighted by atomic mass is 32.2. The van der Waals surface area contributed by atoms with Crippen molar-refractivity contribution in [2.45, 2.75) is 12.5 Å². The number of carbonyl (C=O) groups is 1. The highest BCUT2D eigenvalue weighted by Gasteiger charge is 2.36. The molecule has 0 radical (unpaired) electrons. The van der Waals surface area contributed by atoms with E-state index in [9.17, 15) is 17.6 Å². The zero-order valence-corrected chi connectivity index (χ0v) is 17.6. The van der Waals surface area contributed by atoms with Crippen LogP contribution in [0.2, 0.25) is 0 Å². The van der Waals surface area contributed by atoms with Crippen LogP contribution in [0.5, 0.6) is 0 Å². The average Bonchev–Trinajstić information content (AvgIpc) is 3.37. The Morgan fingerprint density at radius 1 is 1.13 bits per heavy atom. The lowest BCUT2D eigenvalue weighted by molar-refractivity contribution is 0.0717. The van der Waals surface area contributed by atoms with Crippen LogP contribution in [0.15, 0.2) is 71.1 Å². The van der Waals surface area contributed by atoms with E-state index >= 15 is 0 Å². The van der Waals surface area contributed by atoms with Crippen LogP contribution >= 0.6 is 11.3 Å². The van der Waals surface area contributed by atoms with Crippen LogP contribution in [0.1, 0.15) is 33.3 Å². The first-order valence-electron chi connectivity index (χ1n) is 9.09. The number of para-hydroxylation sites is 1. The van der Waals surface area contributed by atoms with Crippen LogP contribution in [0.3, 0.4) is 0 Å². The van der Waals surface area contributed by atoms with Gasteiger partial charge in [-0.05, 0) is 23.6 Å². The molecule has 0 fully saturated rings. The van der Waals surface area contributed by atoms with Gasteiger partial charge in [-0.2, -0.15) is 5.10 Å². The molecule has 0 saturated carbocycles. The zero-order chi connectivity index (χ0) is 21.3. The van der Waals surface area contributed by atoms with E-state index in [0.717, 1.165) is 6.26 Å². The number of nitrogens with zero attached hydrogens (tertiary/aromatic N) is 2. The molecule has 2 heterocycles. The standard InChI is InChI=1S/C21H18FN3O3S2/c1-30(27,28)24-17-10-5-3-8-15(17)19-13-18(14-7-2-4-9-16(14)22)23-25(19)21(26)20-11-6-12-29-20/h2-12,19,24H,13H2,1H3/t19-/m1/s1. The molecule has 0 unspecified atom stereocenters. The third kappa shape index (κ3) is 4.12. The van der Waals surface area contributed by atoms with Crippen LogP contribution in [0.25, 0.3) is 0 Å². The third-order valence-corrected chi connectivity index (χ3v) is 6.10. The summed E-state index contributed by atoms with van der Waals surface area (Å²) in [5.74, 6) is -0.751. The summed E-state index contributed by atoms with van der Waals surface area (Å²) >= 11 is 1.28. The van der Waals surface area contributed by atoms with Crippen molar-refractivity contribution in [2.24, 2.45) is 5.10 Å². The molecule has 2 aromatic carbocycles. The Bertz CT molecular complexity index is 1220. The number of anilines is 1. The molecule has 154 valence electrons. The van der Waals surface area contributed by atoms with Crippen molar-refractivity contribution in [3.63, 3.8) is 0 Å². The number of sulfonamides is 1. The minimum absolute atomic E-state index is 0.250. The number of nitrogens with one attached hydrogen (secondary N) is 1. The first-order chi connectivity index (χ1) is 14.3. The van der Waals surface area contributed by atoms with Gasteiger partial charge in [0.15, 0.2) is 0 Å². The second-order valence-corrected chi connectivity index (χ2v) is 9.53. The van der Waals surface area contributed by atoms with Gasteiger partial charge in [-0.1, -0.05) is 42.5 Å². The number of rotatable bonds is 5. The number of amides is 1. The highest BCUT2D eigenvalue weighted by Crippen LogP contribution is 2.38. The van der Waals surface area contributed by atoms with E-state index in [-0.39, 0.29) is 12.3 Å². The van der Waals surface area contributed by atoms with E-state index in [1.54, 1.807) is 60.0 Å². The molecule has 4 rings (SSSR count). The molecule has 0 spiro atoms. The number of benzene rings is 2. The number of carbonyl (C=O) groups excluding carboxylic acids is 1. The molecule has 1 N–H and O–H groups in total. The van der Waals surface area contributed by atoms with Crippen LogP contribution in [-0.2, 0) is 10.0 Å². The van der Waals surface area contributed by atoms with Gasteiger partial charge in [0.2, 0.25) is 10.0 Å². The van der Waals surface area contributed by atoms with Crippen molar-refractivity contribution in [1.29, 1.82) is 0 Å². The van der Waals surface area contributed by atoms with Gasteiger partial charge >= 0.3 is 0 Å². The second kappa shape index (κ2) is 8.00. The first kappa shape index (κ1) is 20.2. The maximum Gasteiger partial charge on any atom is 0.284 e. The first-order valence-corrected chi connectivity index (χ1v) is 11.9. The number of hydrogen-bond donors (Lipinski definition) is 1. The van der Waals surface area contributed by atoms with Crippen LogP contribution in [-0.4, -0.2) is 31.3 Å². The van der Waals surface area contributed by atoms with Crippen LogP contribution < -0.4 is 4.72 Å². The van der Waals surface area contributed by atoms with E-state index in [1.165, 1.54) is 22.4 Å². The summed E-state index contributed by atoms with van der Waals surface area (Å²) < 4.78 is 40.6. The topological polar surface area (TPSA) is 78.8 Å². The molecule has 1 aliphatic heterocycles. The number of hydrogen-bond acceptors (Lipinski definition) is 5. The molecular weight excluding hydrogens is 425 g/mol. The Balaban J connectivity index is 1.79. The zero-order valence-electron chi connectivity index (χ0n) is 15.9. The molecule has 0 saturated heterocycles. The van der Waals surface area contributed by atoms with Crippen molar-refractivity contribution in [3.8, 4) is 0 Å². The summed E-state index contributed by atoms with van der Waals surface area (Å²) in [5.41, 5.74) is 1.69. The molecule has 1 amide bonds. The molecule has 1 aromatic heterocycles. The van der Waals surface area contributed by atoms with Gasteiger partial charge < -0.3 is 0 Å². The third-order valence-electron chi connectivity index (χ3n) is 4.65. The Kier molecular flexibility index (Phi) is 5.40. The van der Waals surface area contributed by atoms with Gasteiger partial charge in [0.05, 0.1) is 28.6 Å². The van der Waals surface area contributed by atoms with Crippen molar-refractivity contribution in [2.75, 3.05) is 11.0 Å². The highest BCUT2D eigenvalue weighted by molar-refractivity contribution is 7.92. The molecule has 6 nitrogen and oxygen atoms in total. The largest absolute Gasteiger partial charge is 0.284 e. The van der Waals surface area contributed by atoms with E-state index in [4.69, 9.17) is 0 Å². The van der Waals surface area contributed by atoms with Crippen molar-refractivity contribution < 1.29 is 17.6 Å². The number of halogens is 1. The van der Waals surface area contributed by atoms with E-state index < -0.39 is 21.9 Å². The molecule has 30 heavy (non-hydrogen) atoms. The normalized spacial score (nSPS) is 16.4. The quantitative estimate of drug-likeness (QED) is 0.640. The summed E-state index contributed by atoms with van der Waals surface area (Å²) in [7, 11) is -3.53. The molecule has 0 aliphatic carbocycles. The minimum Gasteiger partial charge on any atom is -0.283 e. The fourth-order valence-corrected chi connectivity index (χ4v) is 4.63. The van der Waals surface area contributed by atoms with E-state index in [0.29, 0.717) is 27.4 Å². The Labute approximate surface area is 177 Å². The molecule has 1 aliphatic rings. The predicted octanol–water partition coefficient (Wildman–Crippen LogP) is 4.25. The van der Waals surface area contributed by atoms with Gasteiger partial charge in [0.25, 0.3) is 5.91 Å². The predicted molar refractivity (Wildman–Crippen MR) is 116 cm³/mol. The van der Waals surface area contributed by atoms with Gasteiger partial charge in [-0.3, -0.25) is 9.52 Å². The number of hydrazone groups is 1. The van der Waals surface area contributed by atoms with Crippen LogP contribution in [0.4, 0.5) is 10.1 Å². The molecule has 3 aromatic rings. The van der Waals surface area contributed by atoms with Crippen molar-refractivity contribution >= 4 is 38.7 Å². The fourth-order valence-electron chi connectivity index (χ4n) is 3.39. The lowest BCUT2D eigenvalue weighted by atomic mass is 9.97. The van der Waals surface area contributed by atoms with Gasteiger partial charge in [-0.25, -0.2) is 17.8 Å². The maximum absolute atomic E-state index is 14.4. The van der Waals surface area contributed by atoms with Crippen molar-refractivity contribution in [1.82, 2.24) is 5.01 Å². The van der Waals surface area contributed by atoms with Crippen LogP contribution in [0, 0.1) is 5.82 Å². The second-order valence-electron chi connectivity index (χ2n) is 6.83. The smallest absolute Gasteiger partial charge is 0.283 e. The van der Waals surface area contributed by atoms with Gasteiger partial charge in [0, 0.05) is 17.5 Å². The van der Waals surface area contributed by atoms with Crippen molar-refractivity contribution in [3.05, 3.63) is 87.9 Å². The summed E-state index contributed by atoms with van der Waals surface area (Å²) in [5, 5.41) is 7.57. The van der Waals surface area contributed by atoms with E-state index in [1.807, 2.05) is 0 Å². The SMILES string of the molecule is CS(=O)(=O)Nc1ccccc1[C@H]1CC(c2ccccc2F)=NN1C(=O)c1cccs1. The summed E-state index contributed by atoms with van der Waals surface area (Å²) in [6.45, 7) is 0. The molecule has 1 atom stereocenters. The Morgan fingerprint density at radius 2 is 1.87 bits per heavy atom. The molecule has 9 heteroatoms. The molecule has 0 bridgehead atoms. The Hall–Kier alpha value is -3.04. The lowest BCUT2D eigenvalue weighted by Gasteiger charge is -2.23. The summed E-state index contributed by atoms with van der Waals surface area (Å²) in [6.07, 6.45) is 1.31. The lowest BCUT2D eigenvalue weighted by Crippen LogP contribution is -2.27. The Morgan fingerprint density at radius 3 is 2.57 bits per heavy atom. The monoisotopic (exact) mass is 443 g/mol. The fraction of sp³-hybridized carbons (Fsp3) is 0.143. The average molecular weight is 444 g/mol. The maximum atomic E-state index is 14.4. The molecular formula is C21H18FN3O3S2. The summed E-state index contributed by atoms with van der Waals surface area (Å²) in [4.78, 5) is 13.6. The number of thiophene rings is 1. The minimum atomic E-state index is -3.53. The van der Waals surface area contributed by atoms with Gasteiger partial charge in [0.1, 0.15) is 5.82 Å². The summed E-state index contributed by atoms with van der Waals surface area (Å²) in [6, 6.07) is 16.0. The van der Waals surface area contributed by atoms with E-state index in [2.05, 4.69) is 9.82 Å².